The standard InChI is InChI=1S/C12H12ClFN4O2/c1-17-7-8(6-16-17)2-3-15-11-5-10(14)9(13)4-12(11)18(19)20/h4-7,15H,2-3H2,1H3. The minimum absolute atomic E-state index is 0.112. The molecule has 0 aliphatic heterocycles. The number of halogens is 2. The molecule has 1 N–H and O–H groups in total. The first-order valence-corrected chi connectivity index (χ1v) is 6.20. The summed E-state index contributed by atoms with van der Waals surface area (Å²) in [4.78, 5) is 10.3. The van der Waals surface area contributed by atoms with Crippen LogP contribution in [0, 0.1) is 15.9 Å². The Kier molecular flexibility index (Phi) is 4.19. The number of benzene rings is 1. The Morgan fingerprint density at radius 2 is 2.30 bits per heavy atom. The van der Waals surface area contributed by atoms with E-state index in [1.165, 1.54) is 0 Å². The fraction of sp³-hybridized carbons (Fsp3) is 0.250. The van der Waals surface area contributed by atoms with Crippen molar-refractivity contribution < 1.29 is 9.31 Å². The first-order chi connectivity index (χ1) is 9.47. The smallest absolute Gasteiger partial charge is 0.294 e. The van der Waals surface area contributed by atoms with Crippen LogP contribution in [0.5, 0.6) is 0 Å². The Morgan fingerprint density at radius 3 is 2.90 bits per heavy atom. The molecule has 0 aliphatic rings. The highest BCUT2D eigenvalue weighted by Crippen LogP contribution is 2.30. The van der Waals surface area contributed by atoms with Crippen LogP contribution in [0.25, 0.3) is 0 Å². The Labute approximate surface area is 119 Å². The molecule has 8 heteroatoms. The molecule has 0 fully saturated rings. The molecule has 106 valence electrons. The van der Waals surface area contributed by atoms with Crippen molar-refractivity contribution in [3.63, 3.8) is 0 Å². The van der Waals surface area contributed by atoms with Crippen molar-refractivity contribution in [1.82, 2.24) is 9.78 Å². The summed E-state index contributed by atoms with van der Waals surface area (Å²) in [6.07, 6.45) is 4.17. The summed E-state index contributed by atoms with van der Waals surface area (Å²) in [6, 6.07) is 2.03. The van der Waals surface area contributed by atoms with Gasteiger partial charge in [-0.1, -0.05) is 11.6 Å². The zero-order chi connectivity index (χ0) is 14.7. The quantitative estimate of drug-likeness (QED) is 0.680. The monoisotopic (exact) mass is 298 g/mol. The molecule has 0 radical (unpaired) electrons. The number of nitrogens with zero attached hydrogens (tertiary/aromatic N) is 3. The largest absolute Gasteiger partial charge is 0.379 e. The molecule has 0 amide bonds. The van der Waals surface area contributed by atoms with Gasteiger partial charge in [-0.2, -0.15) is 5.10 Å². The van der Waals surface area contributed by atoms with Gasteiger partial charge in [-0.05, 0) is 12.0 Å². The van der Waals surface area contributed by atoms with E-state index in [2.05, 4.69) is 10.4 Å². The molecule has 0 spiro atoms. The minimum Gasteiger partial charge on any atom is -0.379 e. The molecule has 2 rings (SSSR count). The highest BCUT2D eigenvalue weighted by Gasteiger charge is 2.17. The van der Waals surface area contributed by atoms with Gasteiger partial charge in [-0.3, -0.25) is 14.8 Å². The van der Waals surface area contributed by atoms with Gasteiger partial charge in [0.25, 0.3) is 5.69 Å². The lowest BCUT2D eigenvalue weighted by atomic mass is 10.2. The molecular formula is C12H12ClFN4O2. The predicted molar refractivity (Wildman–Crippen MR) is 73.5 cm³/mol. The summed E-state index contributed by atoms with van der Waals surface area (Å²) < 4.78 is 15.0. The van der Waals surface area contributed by atoms with Gasteiger partial charge >= 0.3 is 0 Å². The summed E-state index contributed by atoms with van der Waals surface area (Å²) in [5.74, 6) is -0.693. The third-order valence-electron chi connectivity index (χ3n) is 2.72. The summed E-state index contributed by atoms with van der Waals surface area (Å²) in [5, 5.41) is 17.5. The van der Waals surface area contributed by atoms with Crippen LogP contribution >= 0.6 is 11.6 Å². The Hall–Kier alpha value is -2.15. The molecule has 20 heavy (non-hydrogen) atoms. The number of rotatable bonds is 5. The highest BCUT2D eigenvalue weighted by atomic mass is 35.5. The van der Waals surface area contributed by atoms with Crippen LogP contribution < -0.4 is 5.32 Å². The number of nitrogens with one attached hydrogen (secondary N) is 1. The molecule has 1 aromatic carbocycles. The fourth-order valence-electron chi connectivity index (χ4n) is 1.77. The van der Waals surface area contributed by atoms with E-state index in [4.69, 9.17) is 11.6 Å². The number of nitro groups is 1. The zero-order valence-corrected chi connectivity index (χ0v) is 11.4. The van der Waals surface area contributed by atoms with Crippen LogP contribution in [-0.4, -0.2) is 21.2 Å². The molecule has 0 unspecified atom stereocenters. The van der Waals surface area contributed by atoms with Gasteiger partial charge in [0.1, 0.15) is 11.5 Å². The maximum atomic E-state index is 13.4. The van der Waals surface area contributed by atoms with E-state index in [1.807, 2.05) is 6.20 Å². The number of nitro benzene ring substituents is 1. The van der Waals surface area contributed by atoms with Gasteiger partial charge in [0, 0.05) is 31.9 Å². The SMILES string of the molecule is Cn1cc(CCNc2cc(F)c(Cl)cc2[N+](=O)[O-])cn1. The van der Waals surface area contributed by atoms with E-state index in [1.54, 1.807) is 17.9 Å². The predicted octanol–water partition coefficient (Wildman–Crippen LogP) is 2.78. The lowest BCUT2D eigenvalue weighted by molar-refractivity contribution is -0.384. The summed E-state index contributed by atoms with van der Waals surface area (Å²) >= 11 is 5.54. The number of aryl methyl sites for hydroxylation is 1. The highest BCUT2D eigenvalue weighted by molar-refractivity contribution is 6.31. The van der Waals surface area contributed by atoms with Crippen LogP contribution in [0.2, 0.25) is 5.02 Å². The average Bonchev–Trinajstić information content (AvgIpc) is 2.79. The van der Waals surface area contributed by atoms with E-state index in [-0.39, 0.29) is 16.4 Å². The van der Waals surface area contributed by atoms with Gasteiger partial charge in [0.15, 0.2) is 0 Å². The Bertz CT molecular complexity index is 644. The third-order valence-corrected chi connectivity index (χ3v) is 3.01. The summed E-state index contributed by atoms with van der Waals surface area (Å²) in [7, 11) is 1.80. The molecule has 0 bridgehead atoms. The van der Waals surface area contributed by atoms with E-state index in [0.29, 0.717) is 13.0 Å². The van der Waals surface area contributed by atoms with Crippen molar-refractivity contribution >= 4 is 23.0 Å². The van der Waals surface area contributed by atoms with E-state index >= 15 is 0 Å². The molecule has 1 aromatic heterocycles. The Balaban J connectivity index is 2.08. The molecule has 1 heterocycles. The maximum Gasteiger partial charge on any atom is 0.294 e. The van der Waals surface area contributed by atoms with Crippen LogP contribution in [0.3, 0.4) is 0 Å². The Morgan fingerprint density at radius 1 is 1.55 bits per heavy atom. The zero-order valence-electron chi connectivity index (χ0n) is 10.6. The van der Waals surface area contributed by atoms with Crippen molar-refractivity contribution in [1.29, 1.82) is 0 Å². The average molecular weight is 299 g/mol. The van der Waals surface area contributed by atoms with Crippen LogP contribution in [-0.2, 0) is 13.5 Å². The van der Waals surface area contributed by atoms with E-state index < -0.39 is 10.7 Å². The number of hydrogen-bond donors (Lipinski definition) is 1. The summed E-state index contributed by atoms with van der Waals surface area (Å²) in [6.45, 7) is 0.424. The third kappa shape index (κ3) is 3.24. The second kappa shape index (κ2) is 5.87. The van der Waals surface area contributed by atoms with Gasteiger partial charge in [0.05, 0.1) is 16.1 Å². The molecule has 0 saturated heterocycles. The second-order valence-electron chi connectivity index (χ2n) is 4.24. The molecule has 0 atom stereocenters. The second-order valence-corrected chi connectivity index (χ2v) is 4.65. The fourth-order valence-corrected chi connectivity index (χ4v) is 1.93. The number of aromatic nitrogens is 2. The van der Waals surface area contributed by atoms with Gasteiger partial charge < -0.3 is 5.32 Å². The molecule has 2 aromatic rings. The topological polar surface area (TPSA) is 73.0 Å². The maximum absolute atomic E-state index is 13.4. The minimum atomic E-state index is -0.693. The van der Waals surface area contributed by atoms with Gasteiger partial charge in [-0.15, -0.1) is 0 Å². The first-order valence-electron chi connectivity index (χ1n) is 5.82. The molecule has 0 aliphatic carbocycles. The van der Waals surface area contributed by atoms with Crippen molar-refractivity contribution in [3.8, 4) is 0 Å². The van der Waals surface area contributed by atoms with Gasteiger partial charge in [0.2, 0.25) is 0 Å². The van der Waals surface area contributed by atoms with Crippen LogP contribution in [0.4, 0.5) is 15.8 Å². The molecular weight excluding hydrogens is 287 g/mol. The normalized spacial score (nSPS) is 10.6. The number of hydrogen-bond acceptors (Lipinski definition) is 4. The molecule has 6 nitrogen and oxygen atoms in total. The van der Waals surface area contributed by atoms with E-state index in [0.717, 1.165) is 17.7 Å². The van der Waals surface area contributed by atoms with E-state index in [9.17, 15) is 14.5 Å². The van der Waals surface area contributed by atoms with Crippen molar-refractivity contribution in [2.45, 2.75) is 6.42 Å². The van der Waals surface area contributed by atoms with Crippen molar-refractivity contribution in [2.75, 3.05) is 11.9 Å². The summed E-state index contributed by atoms with van der Waals surface area (Å²) in [5.41, 5.74) is 0.848. The number of anilines is 1. The van der Waals surface area contributed by atoms with Gasteiger partial charge in [-0.25, -0.2) is 4.39 Å². The van der Waals surface area contributed by atoms with Crippen molar-refractivity contribution in [2.24, 2.45) is 7.05 Å². The molecule has 0 saturated carbocycles. The lowest BCUT2D eigenvalue weighted by Gasteiger charge is -2.07. The van der Waals surface area contributed by atoms with Crippen molar-refractivity contribution in [3.05, 3.63) is 51.0 Å². The first kappa shape index (κ1) is 14.3. The van der Waals surface area contributed by atoms with Crippen LogP contribution in [0.15, 0.2) is 24.5 Å². The lowest BCUT2D eigenvalue weighted by Crippen LogP contribution is -2.07. The van der Waals surface area contributed by atoms with Crippen LogP contribution in [0.1, 0.15) is 5.56 Å².